The second-order valence-electron chi connectivity index (χ2n) is 10.5. The van der Waals surface area contributed by atoms with Crippen molar-refractivity contribution >= 4 is 39.2 Å². The standard InChI is InChI=1S/C32H33N5O3/c1-35-13-15-37(16-14-35)20-23-19-36(2)28-12-10-24(18-26(23)28)33-30(21-7-5-4-6-8-21)29-25-11-9-22(32(39)40-3)17-27(25)34-31(29)38/h4-12,17-19,34,38H,13-16,20H2,1-3H3. The molecule has 0 aliphatic carbocycles. The number of nitrogens with zero attached hydrogens (tertiary/aromatic N) is 4. The van der Waals surface area contributed by atoms with Gasteiger partial charge in [0.05, 0.1) is 29.6 Å². The van der Waals surface area contributed by atoms with Crippen LogP contribution in [0.25, 0.3) is 21.8 Å². The van der Waals surface area contributed by atoms with Gasteiger partial charge in [-0.25, -0.2) is 9.79 Å². The molecule has 0 spiro atoms. The molecule has 8 heteroatoms. The first-order valence-electron chi connectivity index (χ1n) is 13.5. The number of rotatable bonds is 6. The van der Waals surface area contributed by atoms with Gasteiger partial charge in [-0.1, -0.05) is 36.4 Å². The van der Waals surface area contributed by atoms with Crippen molar-refractivity contribution in [1.29, 1.82) is 0 Å². The molecule has 0 bridgehead atoms. The van der Waals surface area contributed by atoms with Crippen LogP contribution in [0, 0.1) is 0 Å². The first kappa shape index (κ1) is 25.9. The molecule has 3 heterocycles. The Morgan fingerprint density at radius 2 is 1.73 bits per heavy atom. The fourth-order valence-electron chi connectivity index (χ4n) is 5.56. The largest absolute Gasteiger partial charge is 0.494 e. The number of hydrogen-bond acceptors (Lipinski definition) is 6. The molecule has 0 amide bonds. The van der Waals surface area contributed by atoms with E-state index in [0.29, 0.717) is 22.4 Å². The zero-order valence-electron chi connectivity index (χ0n) is 23.0. The van der Waals surface area contributed by atoms with E-state index < -0.39 is 5.97 Å². The topological polar surface area (TPSA) is 86.1 Å². The van der Waals surface area contributed by atoms with Gasteiger partial charge in [-0.3, -0.25) is 4.90 Å². The predicted octanol–water partition coefficient (Wildman–Crippen LogP) is 5.07. The van der Waals surface area contributed by atoms with E-state index in [4.69, 9.17) is 9.73 Å². The molecule has 204 valence electrons. The number of methoxy groups -OCH3 is 1. The number of nitrogens with one attached hydrogen (secondary N) is 1. The highest BCUT2D eigenvalue weighted by molar-refractivity contribution is 6.22. The van der Waals surface area contributed by atoms with Crippen molar-refractivity contribution in [3.05, 3.63) is 95.2 Å². The molecule has 2 aromatic heterocycles. The zero-order valence-corrected chi connectivity index (χ0v) is 23.0. The predicted molar refractivity (Wildman–Crippen MR) is 159 cm³/mol. The van der Waals surface area contributed by atoms with Gasteiger partial charge in [0, 0.05) is 73.3 Å². The fraction of sp³-hybridized carbons (Fsp3) is 0.250. The van der Waals surface area contributed by atoms with Crippen molar-refractivity contribution in [2.24, 2.45) is 12.0 Å². The van der Waals surface area contributed by atoms with Crippen LogP contribution in [0.5, 0.6) is 5.88 Å². The Hall–Kier alpha value is -4.40. The summed E-state index contributed by atoms with van der Waals surface area (Å²) in [4.78, 5) is 25.1. The Morgan fingerprint density at radius 1 is 0.950 bits per heavy atom. The van der Waals surface area contributed by atoms with Crippen molar-refractivity contribution in [2.75, 3.05) is 40.3 Å². The van der Waals surface area contributed by atoms with Gasteiger partial charge < -0.3 is 24.3 Å². The van der Waals surface area contributed by atoms with Crippen LogP contribution in [-0.2, 0) is 18.3 Å². The third-order valence-electron chi connectivity index (χ3n) is 7.77. The average Bonchev–Trinajstić information content (AvgIpc) is 3.47. The molecular formula is C32H33N5O3. The van der Waals surface area contributed by atoms with E-state index in [9.17, 15) is 9.90 Å². The second-order valence-corrected chi connectivity index (χ2v) is 10.5. The van der Waals surface area contributed by atoms with E-state index in [1.54, 1.807) is 12.1 Å². The summed E-state index contributed by atoms with van der Waals surface area (Å²) in [5.41, 5.74) is 6.39. The molecule has 3 aromatic carbocycles. The summed E-state index contributed by atoms with van der Waals surface area (Å²) in [6, 6.07) is 21.3. The molecule has 1 saturated heterocycles. The Labute approximate surface area is 233 Å². The number of aromatic nitrogens is 2. The fourth-order valence-corrected chi connectivity index (χ4v) is 5.56. The van der Waals surface area contributed by atoms with Gasteiger partial charge in [0.15, 0.2) is 5.88 Å². The van der Waals surface area contributed by atoms with Gasteiger partial charge in [0.25, 0.3) is 0 Å². The van der Waals surface area contributed by atoms with Gasteiger partial charge >= 0.3 is 5.97 Å². The first-order valence-corrected chi connectivity index (χ1v) is 13.5. The number of esters is 1. The summed E-state index contributed by atoms with van der Waals surface area (Å²) >= 11 is 0. The van der Waals surface area contributed by atoms with Crippen LogP contribution in [0.15, 0.2) is 77.9 Å². The zero-order chi connectivity index (χ0) is 27.8. The molecule has 0 radical (unpaired) electrons. The Kier molecular flexibility index (Phi) is 6.88. The Balaban J connectivity index is 1.45. The number of carbonyl (C=O) groups excluding carboxylic acids is 1. The maximum atomic E-state index is 12.1. The van der Waals surface area contributed by atoms with Crippen LogP contribution in [-0.4, -0.2) is 76.5 Å². The number of ether oxygens (including phenoxy) is 1. The molecule has 1 aliphatic rings. The number of piperazine rings is 1. The molecular weight excluding hydrogens is 502 g/mol. The second kappa shape index (κ2) is 10.6. The number of hydrogen-bond donors (Lipinski definition) is 2. The van der Waals surface area contributed by atoms with Crippen molar-refractivity contribution in [3.63, 3.8) is 0 Å². The lowest BCUT2D eigenvalue weighted by atomic mass is 10.00. The van der Waals surface area contributed by atoms with Crippen LogP contribution in [0.1, 0.15) is 27.0 Å². The van der Waals surface area contributed by atoms with Crippen LogP contribution < -0.4 is 0 Å². The number of likely N-dealkylation sites (N-methyl/N-ethyl adjacent to an activating group) is 1. The highest BCUT2D eigenvalue weighted by Crippen LogP contribution is 2.33. The summed E-state index contributed by atoms with van der Waals surface area (Å²) in [7, 11) is 5.61. The highest BCUT2D eigenvalue weighted by atomic mass is 16.5. The van der Waals surface area contributed by atoms with E-state index in [0.717, 1.165) is 54.9 Å². The highest BCUT2D eigenvalue weighted by Gasteiger charge is 2.21. The van der Waals surface area contributed by atoms with E-state index in [1.807, 2.05) is 42.5 Å². The molecule has 0 saturated carbocycles. The van der Waals surface area contributed by atoms with Gasteiger partial charge in [0.2, 0.25) is 0 Å². The number of carbonyl (C=O) groups is 1. The lowest BCUT2D eigenvalue weighted by molar-refractivity contribution is 0.0601. The third-order valence-corrected chi connectivity index (χ3v) is 7.77. The number of aromatic amines is 1. The monoisotopic (exact) mass is 535 g/mol. The summed E-state index contributed by atoms with van der Waals surface area (Å²) < 4.78 is 7.05. The third kappa shape index (κ3) is 4.87. The van der Waals surface area contributed by atoms with E-state index in [2.05, 4.69) is 51.8 Å². The van der Waals surface area contributed by atoms with Crippen molar-refractivity contribution in [1.82, 2.24) is 19.4 Å². The number of benzene rings is 3. The van der Waals surface area contributed by atoms with Gasteiger partial charge in [-0.15, -0.1) is 0 Å². The molecule has 1 fully saturated rings. The van der Waals surface area contributed by atoms with Gasteiger partial charge in [-0.05, 0) is 42.9 Å². The van der Waals surface area contributed by atoms with Gasteiger partial charge in [-0.2, -0.15) is 0 Å². The number of H-pyrrole nitrogens is 1. The van der Waals surface area contributed by atoms with Crippen molar-refractivity contribution in [3.8, 4) is 5.88 Å². The molecule has 0 atom stereocenters. The lowest BCUT2D eigenvalue weighted by Gasteiger charge is -2.32. The normalized spacial score (nSPS) is 15.2. The minimum Gasteiger partial charge on any atom is -0.494 e. The van der Waals surface area contributed by atoms with Crippen molar-refractivity contribution in [2.45, 2.75) is 6.54 Å². The SMILES string of the molecule is COC(=O)c1ccc2c(C(=Nc3ccc4c(c3)c(CN3CCN(C)CC3)cn4C)c3ccccc3)c(O)[nH]c2c1. The van der Waals surface area contributed by atoms with Gasteiger partial charge in [0.1, 0.15) is 0 Å². The summed E-state index contributed by atoms with van der Waals surface area (Å²) in [6.07, 6.45) is 2.22. The Bertz CT molecular complexity index is 1730. The van der Waals surface area contributed by atoms with Crippen LogP contribution in [0.2, 0.25) is 0 Å². The average molecular weight is 536 g/mol. The maximum absolute atomic E-state index is 12.1. The smallest absolute Gasteiger partial charge is 0.337 e. The van der Waals surface area contributed by atoms with Crippen molar-refractivity contribution < 1.29 is 14.6 Å². The molecule has 0 unspecified atom stereocenters. The van der Waals surface area contributed by atoms with E-state index in [1.165, 1.54) is 18.1 Å². The number of aromatic hydroxyl groups is 1. The summed E-state index contributed by atoms with van der Waals surface area (Å²) in [5, 5.41) is 13.0. The summed E-state index contributed by atoms with van der Waals surface area (Å²) in [5.74, 6) is -0.436. The minimum absolute atomic E-state index is 0.00355. The molecule has 6 rings (SSSR count). The maximum Gasteiger partial charge on any atom is 0.337 e. The first-order chi connectivity index (χ1) is 19.4. The Morgan fingerprint density at radius 3 is 2.48 bits per heavy atom. The van der Waals surface area contributed by atoms with Crippen LogP contribution in [0.4, 0.5) is 5.69 Å². The van der Waals surface area contributed by atoms with E-state index >= 15 is 0 Å². The lowest BCUT2D eigenvalue weighted by Crippen LogP contribution is -2.43. The molecule has 2 N–H and O–H groups in total. The summed E-state index contributed by atoms with van der Waals surface area (Å²) in [6.45, 7) is 5.17. The number of aliphatic imine (C=N–C) groups is 1. The number of aryl methyl sites for hydroxylation is 1. The van der Waals surface area contributed by atoms with Crippen LogP contribution >= 0.6 is 0 Å². The minimum atomic E-state index is -0.432. The molecule has 1 aliphatic heterocycles. The van der Waals surface area contributed by atoms with Crippen LogP contribution in [0.3, 0.4) is 0 Å². The molecule has 5 aromatic rings. The quantitative estimate of drug-likeness (QED) is 0.234. The van der Waals surface area contributed by atoms with E-state index in [-0.39, 0.29) is 5.88 Å². The molecule has 40 heavy (non-hydrogen) atoms. The number of fused-ring (bicyclic) bond motifs is 2. The molecule has 8 nitrogen and oxygen atoms in total.